The topological polar surface area (TPSA) is 109 Å². The summed E-state index contributed by atoms with van der Waals surface area (Å²) >= 11 is 0. The standard InChI is InChI=1S/C10H11F3N2O4S/c11-10(12,13)20(18,19)7-3-1-6(2-4-7)15-8(5-16)9(14)17/h1-4,8,15-16H,5H2,(H2,14,17)/t8-/m0/s1. The summed E-state index contributed by atoms with van der Waals surface area (Å²) in [7, 11) is -5.41. The van der Waals surface area contributed by atoms with Crippen molar-refractivity contribution in [3.63, 3.8) is 0 Å². The van der Waals surface area contributed by atoms with E-state index in [1.807, 2.05) is 0 Å². The Labute approximate surface area is 112 Å². The third-order valence-corrected chi connectivity index (χ3v) is 3.84. The normalized spacial score (nSPS) is 13.8. The molecular formula is C10H11F3N2O4S. The van der Waals surface area contributed by atoms with Gasteiger partial charge in [0, 0.05) is 5.69 Å². The first-order valence-corrected chi connectivity index (χ1v) is 6.66. The quantitative estimate of drug-likeness (QED) is 0.721. The van der Waals surface area contributed by atoms with Crippen LogP contribution in [0.15, 0.2) is 29.2 Å². The number of nitrogens with two attached hydrogens (primary N) is 1. The number of carbonyl (C=O) groups is 1. The van der Waals surface area contributed by atoms with Crippen molar-refractivity contribution < 1.29 is 31.5 Å². The highest BCUT2D eigenvalue weighted by Gasteiger charge is 2.46. The molecule has 0 saturated heterocycles. The van der Waals surface area contributed by atoms with E-state index in [4.69, 9.17) is 10.8 Å². The van der Waals surface area contributed by atoms with Gasteiger partial charge in [-0.3, -0.25) is 4.79 Å². The molecule has 0 radical (unpaired) electrons. The number of anilines is 1. The Morgan fingerprint density at radius 2 is 1.80 bits per heavy atom. The summed E-state index contributed by atoms with van der Waals surface area (Å²) in [4.78, 5) is 9.93. The molecule has 0 spiro atoms. The molecule has 10 heteroatoms. The third kappa shape index (κ3) is 3.39. The van der Waals surface area contributed by atoms with Gasteiger partial charge in [-0.25, -0.2) is 8.42 Å². The van der Waals surface area contributed by atoms with Crippen molar-refractivity contribution in [2.45, 2.75) is 16.4 Å². The van der Waals surface area contributed by atoms with Crippen molar-refractivity contribution in [1.29, 1.82) is 0 Å². The van der Waals surface area contributed by atoms with Crippen molar-refractivity contribution >= 4 is 21.4 Å². The summed E-state index contributed by atoms with van der Waals surface area (Å²) in [5.41, 5.74) is -0.298. The first kappa shape index (κ1) is 16.2. The van der Waals surface area contributed by atoms with Crippen LogP contribution in [0.3, 0.4) is 0 Å². The number of amides is 1. The Morgan fingerprint density at radius 3 is 2.15 bits per heavy atom. The number of nitrogens with one attached hydrogen (secondary N) is 1. The molecule has 1 aromatic rings. The summed E-state index contributed by atoms with van der Waals surface area (Å²) < 4.78 is 59.1. The van der Waals surface area contributed by atoms with Crippen molar-refractivity contribution in [3.05, 3.63) is 24.3 Å². The molecule has 20 heavy (non-hydrogen) atoms. The molecule has 0 heterocycles. The lowest BCUT2D eigenvalue weighted by Gasteiger charge is -2.14. The average Bonchev–Trinajstić information content (AvgIpc) is 2.34. The minimum absolute atomic E-state index is 0.143. The van der Waals surface area contributed by atoms with Crippen LogP contribution in [-0.4, -0.2) is 37.6 Å². The number of sulfone groups is 1. The van der Waals surface area contributed by atoms with Gasteiger partial charge in [0.05, 0.1) is 11.5 Å². The summed E-state index contributed by atoms with van der Waals surface area (Å²) in [6.07, 6.45) is 0. The minimum atomic E-state index is -5.41. The maximum Gasteiger partial charge on any atom is 0.501 e. The van der Waals surface area contributed by atoms with Gasteiger partial charge in [-0.1, -0.05) is 0 Å². The average molecular weight is 312 g/mol. The molecular weight excluding hydrogens is 301 g/mol. The second-order valence-electron chi connectivity index (χ2n) is 3.76. The van der Waals surface area contributed by atoms with Crippen LogP contribution >= 0.6 is 0 Å². The number of rotatable bonds is 5. The minimum Gasteiger partial charge on any atom is -0.394 e. The van der Waals surface area contributed by atoms with Crippen LogP contribution in [0.2, 0.25) is 0 Å². The highest BCUT2D eigenvalue weighted by molar-refractivity contribution is 7.92. The first-order valence-electron chi connectivity index (χ1n) is 5.17. The van der Waals surface area contributed by atoms with Crippen molar-refractivity contribution in [1.82, 2.24) is 0 Å². The number of alkyl halides is 3. The van der Waals surface area contributed by atoms with E-state index in [1.165, 1.54) is 0 Å². The highest BCUT2D eigenvalue weighted by Crippen LogP contribution is 2.30. The predicted molar refractivity (Wildman–Crippen MR) is 63.4 cm³/mol. The summed E-state index contributed by atoms with van der Waals surface area (Å²) in [5.74, 6) is -0.862. The molecule has 0 saturated carbocycles. The lowest BCUT2D eigenvalue weighted by atomic mass is 10.2. The third-order valence-electron chi connectivity index (χ3n) is 2.34. The Morgan fingerprint density at radius 1 is 1.30 bits per heavy atom. The fraction of sp³-hybridized carbons (Fsp3) is 0.300. The van der Waals surface area contributed by atoms with Gasteiger partial charge in [0.1, 0.15) is 6.04 Å². The zero-order valence-electron chi connectivity index (χ0n) is 9.89. The second kappa shape index (κ2) is 5.67. The Bertz CT molecular complexity index is 584. The van der Waals surface area contributed by atoms with E-state index < -0.39 is 38.8 Å². The van der Waals surface area contributed by atoms with Gasteiger partial charge in [-0.15, -0.1) is 0 Å². The van der Waals surface area contributed by atoms with Crippen LogP contribution in [0.5, 0.6) is 0 Å². The molecule has 1 amide bonds. The summed E-state index contributed by atoms with van der Waals surface area (Å²) in [6, 6.07) is 2.41. The largest absolute Gasteiger partial charge is 0.501 e. The van der Waals surface area contributed by atoms with Crippen LogP contribution in [-0.2, 0) is 14.6 Å². The van der Waals surface area contributed by atoms with Crippen molar-refractivity contribution in [2.75, 3.05) is 11.9 Å². The monoisotopic (exact) mass is 312 g/mol. The zero-order valence-corrected chi connectivity index (χ0v) is 10.7. The molecule has 0 aliphatic rings. The lowest BCUT2D eigenvalue weighted by Crippen LogP contribution is -2.38. The maximum absolute atomic E-state index is 12.3. The SMILES string of the molecule is NC(=O)[C@H](CO)Nc1ccc(S(=O)(=O)C(F)(F)F)cc1. The van der Waals surface area contributed by atoms with Gasteiger partial charge in [-0.2, -0.15) is 13.2 Å². The summed E-state index contributed by atoms with van der Waals surface area (Å²) in [5, 5.41) is 11.3. The van der Waals surface area contributed by atoms with Crippen LogP contribution < -0.4 is 11.1 Å². The van der Waals surface area contributed by atoms with E-state index in [1.54, 1.807) is 0 Å². The maximum atomic E-state index is 12.3. The van der Waals surface area contributed by atoms with Gasteiger partial charge in [-0.05, 0) is 24.3 Å². The number of carbonyl (C=O) groups excluding carboxylic acids is 1. The molecule has 0 bridgehead atoms. The van der Waals surface area contributed by atoms with E-state index in [9.17, 15) is 26.4 Å². The molecule has 1 rings (SSSR count). The Kier molecular flexibility index (Phi) is 4.61. The molecule has 0 fully saturated rings. The number of aliphatic hydroxyl groups is 1. The second-order valence-corrected chi connectivity index (χ2v) is 5.70. The van der Waals surface area contributed by atoms with E-state index in [2.05, 4.69) is 5.32 Å². The van der Waals surface area contributed by atoms with E-state index in [0.717, 1.165) is 24.3 Å². The van der Waals surface area contributed by atoms with Crippen LogP contribution in [0.4, 0.5) is 18.9 Å². The fourth-order valence-corrected chi connectivity index (χ4v) is 2.03. The molecule has 112 valence electrons. The lowest BCUT2D eigenvalue weighted by molar-refractivity contribution is -0.119. The number of aliphatic hydroxyl groups excluding tert-OH is 1. The van der Waals surface area contributed by atoms with Crippen LogP contribution in [0.1, 0.15) is 0 Å². The smallest absolute Gasteiger partial charge is 0.394 e. The summed E-state index contributed by atoms with van der Waals surface area (Å²) in [6.45, 7) is -0.613. The zero-order chi connectivity index (χ0) is 15.6. The Hall–Kier alpha value is -1.81. The molecule has 0 aliphatic carbocycles. The molecule has 0 aromatic heterocycles. The van der Waals surface area contributed by atoms with Crippen molar-refractivity contribution in [3.8, 4) is 0 Å². The number of hydrogen-bond donors (Lipinski definition) is 3. The molecule has 4 N–H and O–H groups in total. The number of primary amides is 1. The van der Waals surface area contributed by atoms with E-state index >= 15 is 0 Å². The fourth-order valence-electron chi connectivity index (χ4n) is 1.27. The molecule has 1 atom stereocenters. The van der Waals surface area contributed by atoms with Gasteiger partial charge in [0.2, 0.25) is 5.91 Å². The molecule has 1 aromatic carbocycles. The van der Waals surface area contributed by atoms with Crippen LogP contribution in [0, 0.1) is 0 Å². The van der Waals surface area contributed by atoms with Crippen molar-refractivity contribution in [2.24, 2.45) is 5.73 Å². The van der Waals surface area contributed by atoms with Gasteiger partial charge < -0.3 is 16.2 Å². The van der Waals surface area contributed by atoms with E-state index in [-0.39, 0.29) is 5.69 Å². The number of hydrogen-bond acceptors (Lipinski definition) is 5. The van der Waals surface area contributed by atoms with E-state index in [0.29, 0.717) is 0 Å². The Balaban J connectivity index is 2.98. The number of benzene rings is 1. The first-order chi connectivity index (χ1) is 9.09. The highest BCUT2D eigenvalue weighted by atomic mass is 32.2. The molecule has 6 nitrogen and oxygen atoms in total. The molecule has 0 aliphatic heterocycles. The molecule has 0 unspecified atom stereocenters. The van der Waals surface area contributed by atoms with Crippen LogP contribution in [0.25, 0.3) is 0 Å². The van der Waals surface area contributed by atoms with Gasteiger partial charge in [0.25, 0.3) is 9.84 Å². The van der Waals surface area contributed by atoms with Gasteiger partial charge >= 0.3 is 5.51 Å². The van der Waals surface area contributed by atoms with Gasteiger partial charge in [0.15, 0.2) is 0 Å². The predicted octanol–water partition coefficient (Wildman–Crippen LogP) is 0.238. The number of halogens is 3.